The summed E-state index contributed by atoms with van der Waals surface area (Å²) >= 11 is 0. The number of hydrogen-bond acceptors (Lipinski definition) is 3. The molecule has 28 heavy (non-hydrogen) atoms. The van der Waals surface area contributed by atoms with E-state index in [1.165, 1.54) is 6.07 Å². The standard InChI is InChI=1S/C22H17F2NO3/c23-22(24)28-18-11-4-1-6-13(18)12-14-7-5-9-16-19(21(26)27)15-8-2-3-10-17(15)25-20(14)16/h1-4,6,8,10-12,22H,5,7,9H2,(H,26,27). The van der Waals surface area contributed by atoms with E-state index in [1.807, 2.05) is 6.07 Å². The van der Waals surface area contributed by atoms with E-state index in [9.17, 15) is 18.7 Å². The topological polar surface area (TPSA) is 59.4 Å². The largest absolute Gasteiger partial charge is 0.478 e. The molecule has 0 atom stereocenters. The van der Waals surface area contributed by atoms with Crippen molar-refractivity contribution >= 4 is 28.5 Å². The Labute approximate surface area is 160 Å². The lowest BCUT2D eigenvalue weighted by Crippen LogP contribution is -2.13. The maximum absolute atomic E-state index is 12.7. The summed E-state index contributed by atoms with van der Waals surface area (Å²) in [4.78, 5) is 16.7. The highest BCUT2D eigenvalue weighted by molar-refractivity contribution is 6.05. The fraction of sp³-hybridized carbons (Fsp3) is 0.182. The Morgan fingerprint density at radius 3 is 2.64 bits per heavy atom. The summed E-state index contributed by atoms with van der Waals surface area (Å²) in [5, 5.41) is 10.4. The van der Waals surface area contributed by atoms with Crippen molar-refractivity contribution < 1.29 is 23.4 Å². The van der Waals surface area contributed by atoms with Gasteiger partial charge < -0.3 is 9.84 Å². The molecule has 3 aromatic rings. The lowest BCUT2D eigenvalue weighted by atomic mass is 9.86. The third-order valence-electron chi connectivity index (χ3n) is 4.85. The minimum Gasteiger partial charge on any atom is -0.478 e. The van der Waals surface area contributed by atoms with Crippen molar-refractivity contribution in [2.75, 3.05) is 0 Å². The Morgan fingerprint density at radius 2 is 1.86 bits per heavy atom. The first-order chi connectivity index (χ1) is 13.5. The number of rotatable bonds is 4. The molecule has 142 valence electrons. The van der Waals surface area contributed by atoms with Crippen LogP contribution in [0.2, 0.25) is 0 Å². The van der Waals surface area contributed by atoms with Crippen LogP contribution < -0.4 is 4.74 Å². The molecule has 0 fully saturated rings. The number of nitrogens with zero attached hydrogens (tertiary/aromatic N) is 1. The van der Waals surface area contributed by atoms with Gasteiger partial charge in [-0.15, -0.1) is 0 Å². The van der Waals surface area contributed by atoms with Gasteiger partial charge in [0.05, 0.1) is 16.8 Å². The predicted octanol–water partition coefficient (Wildman–Crippen LogP) is 5.41. The van der Waals surface area contributed by atoms with Crippen LogP contribution in [0.25, 0.3) is 22.6 Å². The van der Waals surface area contributed by atoms with Gasteiger partial charge in [0.15, 0.2) is 0 Å². The zero-order valence-corrected chi connectivity index (χ0v) is 14.9. The summed E-state index contributed by atoms with van der Waals surface area (Å²) < 4.78 is 30.0. The Bertz CT molecular complexity index is 1090. The molecule has 0 bridgehead atoms. The lowest BCUT2D eigenvalue weighted by molar-refractivity contribution is -0.0499. The highest BCUT2D eigenvalue weighted by atomic mass is 19.3. The summed E-state index contributed by atoms with van der Waals surface area (Å²) in [5.74, 6) is -0.908. The molecule has 0 saturated carbocycles. The number of benzene rings is 2. The third kappa shape index (κ3) is 3.33. The van der Waals surface area contributed by atoms with Crippen molar-refractivity contribution in [1.82, 2.24) is 4.98 Å². The number of hydrogen-bond donors (Lipinski definition) is 1. The normalized spacial score (nSPS) is 15.0. The molecule has 6 heteroatoms. The van der Waals surface area contributed by atoms with E-state index >= 15 is 0 Å². The highest BCUT2D eigenvalue weighted by Gasteiger charge is 2.25. The van der Waals surface area contributed by atoms with Gasteiger partial charge in [0.25, 0.3) is 0 Å². The molecule has 4 rings (SSSR count). The van der Waals surface area contributed by atoms with Gasteiger partial charge >= 0.3 is 12.6 Å². The number of ether oxygens (including phenoxy) is 1. The molecule has 1 heterocycles. The molecule has 1 N–H and O–H groups in total. The van der Waals surface area contributed by atoms with Crippen molar-refractivity contribution in [3.63, 3.8) is 0 Å². The molecule has 2 aromatic carbocycles. The van der Waals surface area contributed by atoms with Crippen molar-refractivity contribution in [3.8, 4) is 5.75 Å². The van der Waals surface area contributed by atoms with Crippen molar-refractivity contribution in [2.24, 2.45) is 0 Å². The fourth-order valence-corrected chi connectivity index (χ4v) is 3.71. The Hall–Kier alpha value is -3.28. The number of carbonyl (C=O) groups is 1. The van der Waals surface area contributed by atoms with Crippen LogP contribution in [0.5, 0.6) is 5.75 Å². The van der Waals surface area contributed by atoms with E-state index in [0.29, 0.717) is 40.6 Å². The van der Waals surface area contributed by atoms with Gasteiger partial charge in [0.2, 0.25) is 0 Å². The van der Waals surface area contributed by atoms with Gasteiger partial charge in [-0.1, -0.05) is 36.4 Å². The number of alkyl halides is 2. The number of allylic oxidation sites excluding steroid dienone is 1. The molecule has 0 amide bonds. The first-order valence-electron chi connectivity index (χ1n) is 8.94. The first kappa shape index (κ1) is 18.1. The minimum absolute atomic E-state index is 0.0800. The van der Waals surface area contributed by atoms with E-state index in [4.69, 9.17) is 4.98 Å². The number of carboxylic acids is 1. The van der Waals surface area contributed by atoms with Crippen LogP contribution in [-0.4, -0.2) is 22.7 Å². The molecule has 1 aliphatic carbocycles. The third-order valence-corrected chi connectivity index (χ3v) is 4.85. The number of aromatic nitrogens is 1. The lowest BCUT2D eigenvalue weighted by Gasteiger charge is -2.22. The second kappa shape index (κ2) is 7.38. The smallest absolute Gasteiger partial charge is 0.387 e. The SMILES string of the molecule is O=C(O)c1c2c(nc3ccccc13)C(=Cc1ccccc1OC(F)F)CCC2. The van der Waals surface area contributed by atoms with E-state index in [2.05, 4.69) is 4.74 Å². The van der Waals surface area contributed by atoms with E-state index in [-0.39, 0.29) is 11.3 Å². The summed E-state index contributed by atoms with van der Waals surface area (Å²) in [6, 6.07) is 13.7. The summed E-state index contributed by atoms with van der Waals surface area (Å²) in [6.45, 7) is -2.92. The Morgan fingerprint density at radius 1 is 1.11 bits per heavy atom. The summed E-state index contributed by atoms with van der Waals surface area (Å²) in [6.07, 6.45) is 3.82. The average Bonchev–Trinajstić information content (AvgIpc) is 2.67. The van der Waals surface area contributed by atoms with Crippen LogP contribution in [0.4, 0.5) is 8.78 Å². The van der Waals surface area contributed by atoms with Gasteiger partial charge in [-0.25, -0.2) is 9.78 Å². The second-order valence-corrected chi connectivity index (χ2v) is 6.58. The molecule has 1 aliphatic rings. The maximum atomic E-state index is 12.7. The molecule has 0 radical (unpaired) electrons. The zero-order chi connectivity index (χ0) is 19.7. The number of para-hydroxylation sites is 2. The number of halogens is 2. The van der Waals surface area contributed by atoms with Crippen LogP contribution >= 0.6 is 0 Å². The molecule has 1 aromatic heterocycles. The van der Waals surface area contributed by atoms with Crippen LogP contribution in [0.3, 0.4) is 0 Å². The number of pyridine rings is 1. The quantitative estimate of drug-likeness (QED) is 0.656. The Balaban J connectivity index is 1.91. The molecule has 0 unspecified atom stereocenters. The molecule has 0 saturated heterocycles. The van der Waals surface area contributed by atoms with Crippen LogP contribution in [0.1, 0.15) is 40.0 Å². The molecule has 4 nitrogen and oxygen atoms in total. The van der Waals surface area contributed by atoms with Gasteiger partial charge in [0.1, 0.15) is 5.75 Å². The van der Waals surface area contributed by atoms with Crippen molar-refractivity contribution in [2.45, 2.75) is 25.9 Å². The molecule has 0 aliphatic heterocycles. The maximum Gasteiger partial charge on any atom is 0.387 e. The van der Waals surface area contributed by atoms with E-state index in [1.54, 1.807) is 42.5 Å². The monoisotopic (exact) mass is 381 g/mol. The van der Waals surface area contributed by atoms with E-state index in [0.717, 1.165) is 12.0 Å². The number of aromatic carboxylic acids is 1. The number of fused-ring (bicyclic) bond motifs is 2. The number of carboxylic acid groups (broad SMARTS) is 1. The zero-order valence-electron chi connectivity index (χ0n) is 14.9. The Kier molecular flexibility index (Phi) is 4.77. The van der Waals surface area contributed by atoms with Gasteiger partial charge in [-0.05, 0) is 48.6 Å². The molecular weight excluding hydrogens is 364 g/mol. The van der Waals surface area contributed by atoms with E-state index < -0.39 is 12.6 Å². The van der Waals surface area contributed by atoms with Crippen molar-refractivity contribution in [3.05, 3.63) is 70.9 Å². The van der Waals surface area contributed by atoms with Crippen LogP contribution in [0, 0.1) is 0 Å². The first-order valence-corrected chi connectivity index (χ1v) is 8.94. The summed E-state index contributed by atoms with van der Waals surface area (Å²) in [5.41, 5.74) is 3.51. The van der Waals surface area contributed by atoms with Crippen LogP contribution in [0.15, 0.2) is 48.5 Å². The average molecular weight is 381 g/mol. The van der Waals surface area contributed by atoms with Gasteiger partial charge in [0, 0.05) is 10.9 Å². The van der Waals surface area contributed by atoms with Crippen LogP contribution in [-0.2, 0) is 6.42 Å². The van der Waals surface area contributed by atoms with Crippen molar-refractivity contribution in [1.29, 1.82) is 0 Å². The highest BCUT2D eigenvalue weighted by Crippen LogP contribution is 2.37. The fourth-order valence-electron chi connectivity index (χ4n) is 3.71. The summed E-state index contributed by atoms with van der Waals surface area (Å²) in [7, 11) is 0. The second-order valence-electron chi connectivity index (χ2n) is 6.58. The van der Waals surface area contributed by atoms with Gasteiger partial charge in [-0.3, -0.25) is 0 Å². The van der Waals surface area contributed by atoms with Gasteiger partial charge in [-0.2, -0.15) is 8.78 Å². The molecular formula is C22H17F2NO3. The molecule has 0 spiro atoms. The predicted molar refractivity (Wildman–Crippen MR) is 103 cm³/mol. The minimum atomic E-state index is -2.92.